The van der Waals surface area contributed by atoms with Gasteiger partial charge in [0.2, 0.25) is 0 Å². The van der Waals surface area contributed by atoms with Gasteiger partial charge >= 0.3 is 0 Å². The average molecular weight is 299 g/mol. The summed E-state index contributed by atoms with van der Waals surface area (Å²) in [6.45, 7) is 17.1. The number of ether oxygens (including phenoxy) is 1. The Morgan fingerprint density at radius 3 is 2.52 bits per heavy atom. The lowest BCUT2D eigenvalue weighted by Crippen LogP contribution is -2.50. The molecule has 3 nitrogen and oxygen atoms in total. The van der Waals surface area contributed by atoms with Crippen molar-refractivity contribution >= 4 is 0 Å². The number of hydrogen-bond donors (Lipinski definition) is 1. The zero-order chi connectivity index (χ0) is 15.8. The van der Waals surface area contributed by atoms with Gasteiger partial charge in [-0.2, -0.15) is 0 Å². The fourth-order valence-corrected chi connectivity index (χ4v) is 4.01. The predicted molar refractivity (Wildman–Crippen MR) is 91.7 cm³/mol. The first-order valence-electron chi connectivity index (χ1n) is 8.92. The van der Waals surface area contributed by atoms with Gasteiger partial charge in [-0.1, -0.05) is 34.6 Å². The largest absolute Gasteiger partial charge is 0.383 e. The molecule has 3 heteroatoms. The minimum absolute atomic E-state index is 0.686. The quantitative estimate of drug-likeness (QED) is 0.707. The lowest BCUT2D eigenvalue weighted by Gasteiger charge is -2.42. The van der Waals surface area contributed by atoms with Gasteiger partial charge in [0.05, 0.1) is 6.61 Å². The number of hydrogen-bond acceptors (Lipinski definition) is 3. The van der Waals surface area contributed by atoms with E-state index in [2.05, 4.69) is 44.8 Å². The third-order valence-electron chi connectivity index (χ3n) is 4.85. The van der Waals surface area contributed by atoms with E-state index in [9.17, 15) is 0 Å². The van der Waals surface area contributed by atoms with Crippen LogP contribution in [-0.2, 0) is 4.74 Å². The molecule has 1 aliphatic rings. The fraction of sp³-hybridized carbons (Fsp3) is 1.00. The second kappa shape index (κ2) is 9.81. The first-order valence-corrected chi connectivity index (χ1v) is 8.92. The van der Waals surface area contributed by atoms with Gasteiger partial charge in [0.25, 0.3) is 0 Å². The molecule has 4 atom stereocenters. The van der Waals surface area contributed by atoms with E-state index in [-0.39, 0.29) is 0 Å². The van der Waals surface area contributed by atoms with Crippen molar-refractivity contribution in [1.29, 1.82) is 0 Å². The fourth-order valence-electron chi connectivity index (χ4n) is 4.01. The third-order valence-corrected chi connectivity index (χ3v) is 4.85. The van der Waals surface area contributed by atoms with E-state index in [0.717, 1.165) is 43.4 Å². The average Bonchev–Trinajstić information content (AvgIpc) is 2.39. The highest BCUT2D eigenvalue weighted by Gasteiger charge is 2.34. The third kappa shape index (κ3) is 6.66. The Balaban J connectivity index is 2.66. The first kappa shape index (κ1) is 18.9. The Labute approximate surface area is 132 Å². The molecule has 0 spiro atoms. The van der Waals surface area contributed by atoms with E-state index >= 15 is 0 Å². The van der Waals surface area contributed by atoms with Crippen LogP contribution in [-0.4, -0.2) is 50.8 Å². The highest BCUT2D eigenvalue weighted by molar-refractivity contribution is 4.89. The van der Waals surface area contributed by atoms with Crippen LogP contribution in [0, 0.1) is 23.7 Å². The molecule has 1 rings (SSSR count). The Morgan fingerprint density at radius 2 is 1.95 bits per heavy atom. The van der Waals surface area contributed by atoms with E-state index in [4.69, 9.17) is 4.74 Å². The summed E-state index contributed by atoms with van der Waals surface area (Å²) >= 11 is 0. The van der Waals surface area contributed by atoms with Gasteiger partial charge in [0, 0.05) is 32.8 Å². The molecule has 1 N–H and O–H groups in total. The summed E-state index contributed by atoms with van der Waals surface area (Å²) in [6, 6.07) is 0.686. The van der Waals surface area contributed by atoms with Gasteiger partial charge in [0.15, 0.2) is 0 Å². The van der Waals surface area contributed by atoms with Crippen molar-refractivity contribution in [2.24, 2.45) is 23.7 Å². The molecule has 0 aliphatic heterocycles. The van der Waals surface area contributed by atoms with Crippen molar-refractivity contribution in [2.45, 2.75) is 53.5 Å². The summed E-state index contributed by atoms with van der Waals surface area (Å²) in [4.78, 5) is 2.62. The molecule has 1 aliphatic carbocycles. The first-order chi connectivity index (χ1) is 9.97. The SMILES string of the molecule is CCNC1CC(C)CC(C)C1CN(CCOC)CC(C)C. The normalized spacial score (nSPS) is 30.3. The van der Waals surface area contributed by atoms with Gasteiger partial charge in [-0.3, -0.25) is 0 Å². The lowest BCUT2D eigenvalue weighted by atomic mass is 9.72. The molecule has 0 aromatic carbocycles. The van der Waals surface area contributed by atoms with Crippen LogP contribution in [0.4, 0.5) is 0 Å². The smallest absolute Gasteiger partial charge is 0.0589 e. The van der Waals surface area contributed by atoms with Gasteiger partial charge in [-0.15, -0.1) is 0 Å². The van der Waals surface area contributed by atoms with E-state index in [1.54, 1.807) is 7.11 Å². The molecule has 0 aromatic heterocycles. The van der Waals surface area contributed by atoms with Crippen molar-refractivity contribution in [3.8, 4) is 0 Å². The Hall–Kier alpha value is -0.120. The molecular weight excluding hydrogens is 260 g/mol. The van der Waals surface area contributed by atoms with E-state index < -0.39 is 0 Å². The molecule has 0 saturated heterocycles. The standard InChI is InChI=1S/C18H38N2O/c1-7-19-18-11-15(4)10-16(5)17(18)13-20(8-9-21-6)12-14(2)3/h14-19H,7-13H2,1-6H3. The summed E-state index contributed by atoms with van der Waals surface area (Å²) < 4.78 is 5.30. The molecule has 0 aromatic rings. The molecule has 4 unspecified atom stereocenters. The molecule has 1 saturated carbocycles. The van der Waals surface area contributed by atoms with Crippen LogP contribution in [0.25, 0.3) is 0 Å². The Bertz CT molecular complexity index is 270. The lowest BCUT2D eigenvalue weighted by molar-refractivity contribution is 0.0773. The second-order valence-electron chi connectivity index (χ2n) is 7.53. The maximum Gasteiger partial charge on any atom is 0.0589 e. The number of nitrogens with one attached hydrogen (secondary N) is 1. The maximum atomic E-state index is 5.30. The zero-order valence-electron chi connectivity index (χ0n) is 15.2. The zero-order valence-corrected chi connectivity index (χ0v) is 15.2. The summed E-state index contributed by atoms with van der Waals surface area (Å²) in [5.41, 5.74) is 0. The summed E-state index contributed by atoms with van der Waals surface area (Å²) in [7, 11) is 1.81. The van der Waals surface area contributed by atoms with Crippen LogP contribution in [0.15, 0.2) is 0 Å². The van der Waals surface area contributed by atoms with Crippen LogP contribution in [0.1, 0.15) is 47.5 Å². The number of rotatable bonds is 9. The Morgan fingerprint density at radius 1 is 1.24 bits per heavy atom. The number of nitrogens with zero attached hydrogens (tertiary/aromatic N) is 1. The van der Waals surface area contributed by atoms with Gasteiger partial charge < -0.3 is 15.0 Å². The Kier molecular flexibility index (Phi) is 8.84. The molecule has 0 heterocycles. The topological polar surface area (TPSA) is 24.5 Å². The maximum absolute atomic E-state index is 5.30. The van der Waals surface area contributed by atoms with Crippen molar-refractivity contribution < 1.29 is 4.74 Å². The van der Waals surface area contributed by atoms with Crippen LogP contribution < -0.4 is 5.32 Å². The molecular formula is C18H38N2O. The molecule has 21 heavy (non-hydrogen) atoms. The molecule has 126 valence electrons. The van der Waals surface area contributed by atoms with Gasteiger partial charge in [-0.25, -0.2) is 0 Å². The van der Waals surface area contributed by atoms with Crippen LogP contribution >= 0.6 is 0 Å². The number of methoxy groups -OCH3 is 1. The monoisotopic (exact) mass is 298 g/mol. The van der Waals surface area contributed by atoms with Gasteiger partial charge in [0.1, 0.15) is 0 Å². The molecule has 0 bridgehead atoms. The molecule has 0 amide bonds. The van der Waals surface area contributed by atoms with Crippen molar-refractivity contribution in [3.05, 3.63) is 0 Å². The molecule has 1 fully saturated rings. The second-order valence-corrected chi connectivity index (χ2v) is 7.53. The van der Waals surface area contributed by atoms with E-state index in [1.165, 1.54) is 25.9 Å². The van der Waals surface area contributed by atoms with E-state index in [0.29, 0.717) is 6.04 Å². The minimum Gasteiger partial charge on any atom is -0.383 e. The predicted octanol–water partition coefficient (Wildman–Crippen LogP) is 3.25. The van der Waals surface area contributed by atoms with Crippen molar-refractivity contribution in [1.82, 2.24) is 10.2 Å². The van der Waals surface area contributed by atoms with Gasteiger partial charge in [-0.05, 0) is 43.1 Å². The van der Waals surface area contributed by atoms with Crippen LogP contribution in [0.3, 0.4) is 0 Å². The molecule has 0 radical (unpaired) electrons. The summed E-state index contributed by atoms with van der Waals surface area (Å²) in [5.74, 6) is 3.17. The van der Waals surface area contributed by atoms with Crippen LogP contribution in [0.2, 0.25) is 0 Å². The van der Waals surface area contributed by atoms with Crippen molar-refractivity contribution in [3.63, 3.8) is 0 Å². The van der Waals surface area contributed by atoms with Crippen LogP contribution in [0.5, 0.6) is 0 Å². The van der Waals surface area contributed by atoms with E-state index in [1.807, 2.05) is 0 Å². The highest BCUT2D eigenvalue weighted by atomic mass is 16.5. The highest BCUT2D eigenvalue weighted by Crippen LogP contribution is 2.34. The van der Waals surface area contributed by atoms with Crippen molar-refractivity contribution in [2.75, 3.05) is 39.9 Å². The minimum atomic E-state index is 0.686. The summed E-state index contributed by atoms with van der Waals surface area (Å²) in [6.07, 6.45) is 2.72. The summed E-state index contributed by atoms with van der Waals surface area (Å²) in [5, 5.41) is 3.75.